The fourth-order valence-corrected chi connectivity index (χ4v) is 2.91. The van der Waals surface area contributed by atoms with Gasteiger partial charge in [0.25, 0.3) is 0 Å². The van der Waals surface area contributed by atoms with Gasteiger partial charge in [-0.2, -0.15) is 0 Å². The van der Waals surface area contributed by atoms with E-state index in [0.29, 0.717) is 5.41 Å². The van der Waals surface area contributed by atoms with Crippen LogP contribution in [0.3, 0.4) is 0 Å². The van der Waals surface area contributed by atoms with Crippen molar-refractivity contribution in [3.8, 4) is 0 Å². The molecule has 0 saturated heterocycles. The number of hydrogen-bond acceptors (Lipinski definition) is 2. The van der Waals surface area contributed by atoms with Crippen molar-refractivity contribution in [1.82, 2.24) is 9.55 Å². The lowest BCUT2D eigenvalue weighted by molar-refractivity contribution is 0.396. The second-order valence-corrected chi connectivity index (χ2v) is 6.10. The number of aromatic nitrogens is 2. The lowest BCUT2D eigenvalue weighted by Crippen LogP contribution is -2.20. The number of rotatable bonds is 6. The van der Waals surface area contributed by atoms with Gasteiger partial charge in [-0.05, 0) is 36.7 Å². The van der Waals surface area contributed by atoms with Gasteiger partial charge in [-0.1, -0.05) is 37.3 Å². The van der Waals surface area contributed by atoms with Gasteiger partial charge < -0.3 is 10.3 Å². The van der Waals surface area contributed by atoms with Gasteiger partial charge in [0.05, 0.1) is 18.1 Å². The zero-order chi connectivity index (χ0) is 14.0. The highest BCUT2D eigenvalue weighted by molar-refractivity contribution is 5.18. The van der Waals surface area contributed by atoms with Crippen molar-refractivity contribution in [2.24, 2.45) is 11.1 Å². The quantitative estimate of drug-likeness (QED) is 0.874. The summed E-state index contributed by atoms with van der Waals surface area (Å²) in [6, 6.07) is 10.5. The lowest BCUT2D eigenvalue weighted by atomic mass is 10.0. The monoisotopic (exact) mass is 269 g/mol. The molecule has 2 N–H and O–H groups in total. The lowest BCUT2D eigenvalue weighted by Gasteiger charge is -2.19. The van der Waals surface area contributed by atoms with Crippen LogP contribution in [0.2, 0.25) is 0 Å². The van der Waals surface area contributed by atoms with Crippen LogP contribution in [-0.4, -0.2) is 9.55 Å². The van der Waals surface area contributed by atoms with Crippen LogP contribution >= 0.6 is 0 Å². The standard InChI is InChI=1S/C17H23N3/c1-2-17(8-9-17)12-20-13-19-11-16(20)15(18)10-14-6-4-3-5-7-14/h3-7,11,13,15H,2,8-10,12,18H2,1H3/t15-/m1/s1. The van der Waals surface area contributed by atoms with Crippen molar-refractivity contribution in [3.05, 3.63) is 54.1 Å². The molecule has 20 heavy (non-hydrogen) atoms. The molecule has 3 nitrogen and oxygen atoms in total. The van der Waals surface area contributed by atoms with E-state index in [4.69, 9.17) is 5.73 Å². The molecule has 1 aromatic carbocycles. The van der Waals surface area contributed by atoms with Gasteiger partial charge in [-0.15, -0.1) is 0 Å². The van der Waals surface area contributed by atoms with Gasteiger partial charge in [-0.3, -0.25) is 0 Å². The molecule has 2 aromatic rings. The molecule has 0 spiro atoms. The molecular formula is C17H23N3. The maximum atomic E-state index is 6.39. The van der Waals surface area contributed by atoms with E-state index in [0.717, 1.165) is 18.7 Å². The number of hydrogen-bond donors (Lipinski definition) is 1. The molecule has 106 valence electrons. The highest BCUT2D eigenvalue weighted by atomic mass is 15.1. The van der Waals surface area contributed by atoms with Gasteiger partial charge in [0.15, 0.2) is 0 Å². The molecule has 3 rings (SSSR count). The molecule has 1 fully saturated rings. The number of benzene rings is 1. The third-order valence-electron chi connectivity index (χ3n) is 4.64. The first kappa shape index (κ1) is 13.4. The first-order valence-corrected chi connectivity index (χ1v) is 7.52. The Labute approximate surface area is 120 Å². The van der Waals surface area contributed by atoms with E-state index in [1.54, 1.807) is 0 Å². The topological polar surface area (TPSA) is 43.8 Å². The third kappa shape index (κ3) is 2.78. The number of nitrogens with zero attached hydrogens (tertiary/aromatic N) is 2. The summed E-state index contributed by atoms with van der Waals surface area (Å²) in [5.74, 6) is 0. The summed E-state index contributed by atoms with van der Waals surface area (Å²) in [5, 5.41) is 0. The summed E-state index contributed by atoms with van der Waals surface area (Å²) in [4.78, 5) is 4.31. The summed E-state index contributed by atoms with van der Waals surface area (Å²) in [6.07, 6.45) is 8.67. The van der Waals surface area contributed by atoms with Crippen molar-refractivity contribution in [3.63, 3.8) is 0 Å². The van der Waals surface area contributed by atoms with Crippen LogP contribution in [-0.2, 0) is 13.0 Å². The van der Waals surface area contributed by atoms with Crippen molar-refractivity contribution in [2.75, 3.05) is 0 Å². The normalized spacial score (nSPS) is 17.9. The minimum Gasteiger partial charge on any atom is -0.333 e. The van der Waals surface area contributed by atoms with Gasteiger partial charge in [0, 0.05) is 12.7 Å². The number of imidazole rings is 1. The van der Waals surface area contributed by atoms with E-state index < -0.39 is 0 Å². The van der Waals surface area contributed by atoms with Crippen molar-refractivity contribution in [2.45, 2.75) is 45.2 Å². The molecular weight excluding hydrogens is 246 g/mol. The molecule has 1 saturated carbocycles. The molecule has 0 amide bonds. The summed E-state index contributed by atoms with van der Waals surface area (Å²) >= 11 is 0. The van der Waals surface area contributed by atoms with Crippen LogP contribution in [0.5, 0.6) is 0 Å². The van der Waals surface area contributed by atoms with Crippen molar-refractivity contribution >= 4 is 0 Å². The average Bonchev–Trinajstić information content (AvgIpc) is 3.09. The van der Waals surface area contributed by atoms with Gasteiger partial charge in [0.2, 0.25) is 0 Å². The Hall–Kier alpha value is -1.61. The fraction of sp³-hybridized carbons (Fsp3) is 0.471. The molecule has 3 heteroatoms. The molecule has 1 aliphatic rings. The SMILES string of the molecule is CCC1(Cn2cncc2[C@H](N)Cc2ccccc2)CC1. The Bertz CT molecular complexity index is 555. The highest BCUT2D eigenvalue weighted by Gasteiger charge is 2.41. The van der Waals surface area contributed by atoms with Gasteiger partial charge in [0.1, 0.15) is 0 Å². The van der Waals surface area contributed by atoms with Crippen LogP contribution in [0, 0.1) is 5.41 Å². The summed E-state index contributed by atoms with van der Waals surface area (Å²) < 4.78 is 2.27. The van der Waals surface area contributed by atoms with E-state index in [2.05, 4.69) is 40.7 Å². The van der Waals surface area contributed by atoms with Gasteiger partial charge >= 0.3 is 0 Å². The Morgan fingerprint density at radius 2 is 2.05 bits per heavy atom. The van der Waals surface area contributed by atoms with Crippen LogP contribution in [0.1, 0.15) is 43.5 Å². The van der Waals surface area contributed by atoms with Crippen LogP contribution in [0.25, 0.3) is 0 Å². The smallest absolute Gasteiger partial charge is 0.0948 e. The summed E-state index contributed by atoms with van der Waals surface area (Å²) in [6.45, 7) is 3.36. The molecule has 1 aliphatic carbocycles. The van der Waals surface area contributed by atoms with E-state index in [1.807, 2.05) is 18.6 Å². The Morgan fingerprint density at radius 3 is 2.70 bits per heavy atom. The number of nitrogens with two attached hydrogens (primary N) is 1. The molecule has 0 radical (unpaired) electrons. The highest BCUT2D eigenvalue weighted by Crippen LogP contribution is 2.50. The maximum Gasteiger partial charge on any atom is 0.0948 e. The predicted octanol–water partition coefficient (Wildman–Crippen LogP) is 3.32. The Morgan fingerprint density at radius 1 is 1.30 bits per heavy atom. The molecule has 1 aromatic heterocycles. The van der Waals surface area contributed by atoms with E-state index in [9.17, 15) is 0 Å². The van der Waals surface area contributed by atoms with Crippen LogP contribution in [0.4, 0.5) is 0 Å². The molecule has 0 aliphatic heterocycles. The zero-order valence-electron chi connectivity index (χ0n) is 12.1. The summed E-state index contributed by atoms with van der Waals surface area (Å²) in [7, 11) is 0. The fourth-order valence-electron chi connectivity index (χ4n) is 2.91. The molecule has 1 heterocycles. The summed E-state index contributed by atoms with van der Waals surface area (Å²) in [5.41, 5.74) is 9.35. The molecule has 0 unspecified atom stereocenters. The minimum atomic E-state index is 0.0209. The van der Waals surface area contributed by atoms with Crippen molar-refractivity contribution < 1.29 is 0 Å². The second-order valence-electron chi connectivity index (χ2n) is 6.10. The van der Waals surface area contributed by atoms with Crippen LogP contribution in [0.15, 0.2) is 42.9 Å². The first-order chi connectivity index (χ1) is 9.72. The van der Waals surface area contributed by atoms with E-state index in [-0.39, 0.29) is 6.04 Å². The largest absolute Gasteiger partial charge is 0.333 e. The first-order valence-electron chi connectivity index (χ1n) is 7.52. The zero-order valence-corrected chi connectivity index (χ0v) is 12.1. The average molecular weight is 269 g/mol. The maximum absolute atomic E-state index is 6.39. The van der Waals surface area contributed by atoms with E-state index >= 15 is 0 Å². The molecule has 1 atom stereocenters. The molecule has 0 bridgehead atoms. The van der Waals surface area contributed by atoms with E-state index in [1.165, 1.54) is 24.8 Å². The predicted molar refractivity (Wildman–Crippen MR) is 81.3 cm³/mol. The van der Waals surface area contributed by atoms with Gasteiger partial charge in [-0.25, -0.2) is 4.98 Å². The minimum absolute atomic E-state index is 0.0209. The second kappa shape index (κ2) is 5.41. The van der Waals surface area contributed by atoms with Crippen LogP contribution < -0.4 is 5.73 Å². The Balaban J connectivity index is 1.72. The Kier molecular flexibility index (Phi) is 3.62. The third-order valence-corrected chi connectivity index (χ3v) is 4.64. The van der Waals surface area contributed by atoms with Crippen molar-refractivity contribution in [1.29, 1.82) is 0 Å².